The predicted molar refractivity (Wildman–Crippen MR) is 163 cm³/mol. The lowest BCUT2D eigenvalue weighted by molar-refractivity contribution is -0.121. The van der Waals surface area contributed by atoms with Gasteiger partial charge in [0.1, 0.15) is 0 Å². The number of nitrogens with one attached hydrogen (secondary N) is 1. The van der Waals surface area contributed by atoms with Crippen LogP contribution in [0.5, 0.6) is 0 Å². The van der Waals surface area contributed by atoms with Gasteiger partial charge in [-0.2, -0.15) is 0 Å². The largest absolute Gasteiger partial charge is 0.383 e. The molecule has 0 saturated heterocycles. The first kappa shape index (κ1) is 31.6. The van der Waals surface area contributed by atoms with E-state index in [1.165, 1.54) is 16.7 Å². The van der Waals surface area contributed by atoms with Gasteiger partial charge in [0.05, 0.1) is 27.1 Å². The number of aryl methyl sites for hydroxylation is 1. The zero-order chi connectivity index (χ0) is 28.2. The number of halogens is 1. The van der Waals surface area contributed by atoms with Gasteiger partial charge in [-0.15, -0.1) is 0 Å². The highest BCUT2D eigenvalue weighted by Crippen LogP contribution is 2.36. The first-order valence-corrected chi connectivity index (χ1v) is 17.3. The van der Waals surface area contributed by atoms with Crippen molar-refractivity contribution in [2.24, 2.45) is 0 Å². The third-order valence-corrected chi connectivity index (χ3v) is 13.3. The molecule has 0 radical (unpaired) electrons. The summed E-state index contributed by atoms with van der Waals surface area (Å²) in [7, 11) is -1.60. The third kappa shape index (κ3) is 8.70. The van der Waals surface area contributed by atoms with Gasteiger partial charge >= 0.3 is 0 Å². The van der Waals surface area contributed by atoms with Gasteiger partial charge in [-0.05, 0) is 63.6 Å². The van der Waals surface area contributed by atoms with Crippen LogP contribution < -0.4 is 5.32 Å². The fourth-order valence-electron chi connectivity index (χ4n) is 4.48. The average Bonchev–Trinajstić information content (AvgIpc) is 2.74. The van der Waals surface area contributed by atoms with E-state index in [1.807, 2.05) is 25.1 Å². The van der Waals surface area contributed by atoms with E-state index in [0.29, 0.717) is 17.5 Å². The molecule has 0 spiro atoms. The van der Waals surface area contributed by atoms with E-state index < -0.39 is 8.07 Å². The summed E-state index contributed by atoms with van der Waals surface area (Å²) in [4.78, 5) is 13.3. The van der Waals surface area contributed by atoms with Gasteiger partial charge in [-0.25, -0.2) is 0 Å². The van der Waals surface area contributed by atoms with Crippen molar-refractivity contribution in [2.45, 2.75) is 111 Å². The SMILES string of the molecule is Cc1cccc(Cl)c1CC(=O)NC(COC[Si](C)(C)C(C)(C)C)Cc1c(C(C)C)cccc1C(C)(C)C. The maximum absolute atomic E-state index is 13.3. The van der Waals surface area contributed by atoms with Crippen LogP contribution in [-0.4, -0.2) is 32.9 Å². The molecule has 1 unspecified atom stereocenters. The van der Waals surface area contributed by atoms with Gasteiger partial charge in [0.2, 0.25) is 5.91 Å². The topological polar surface area (TPSA) is 38.3 Å². The van der Waals surface area contributed by atoms with E-state index in [0.717, 1.165) is 23.8 Å². The molecule has 5 heteroatoms. The highest BCUT2D eigenvalue weighted by Gasteiger charge is 2.35. The van der Waals surface area contributed by atoms with E-state index in [-0.39, 0.29) is 28.8 Å². The molecule has 0 aliphatic rings. The highest BCUT2D eigenvalue weighted by molar-refractivity contribution is 6.80. The fourth-order valence-corrected chi connectivity index (χ4v) is 5.83. The Labute approximate surface area is 232 Å². The Kier molecular flexibility index (Phi) is 10.7. The second-order valence-corrected chi connectivity index (χ2v) is 19.6. The standard InChI is InChI=1S/C32H50ClNO2Si/c1-22(2)25-15-13-16-28(31(4,5)6)27(25)18-24(20-36-21-37(10,11)32(7,8)9)34-30(35)19-26-23(3)14-12-17-29(26)33/h12-17,22,24H,18-21H2,1-11H3,(H,34,35). The van der Waals surface area contributed by atoms with Gasteiger partial charge in [-0.3, -0.25) is 4.79 Å². The van der Waals surface area contributed by atoms with E-state index in [1.54, 1.807) is 0 Å². The lowest BCUT2D eigenvalue weighted by Gasteiger charge is -2.37. The normalized spacial score (nSPS) is 13.6. The van der Waals surface area contributed by atoms with Gasteiger partial charge in [0.15, 0.2) is 0 Å². The summed E-state index contributed by atoms with van der Waals surface area (Å²) in [6, 6.07) is 12.3. The predicted octanol–water partition coefficient (Wildman–Crippen LogP) is 8.40. The smallest absolute Gasteiger partial charge is 0.224 e. The van der Waals surface area contributed by atoms with Gasteiger partial charge in [0, 0.05) is 11.3 Å². The fraction of sp³-hybridized carbons (Fsp3) is 0.594. The minimum Gasteiger partial charge on any atom is -0.383 e. The van der Waals surface area contributed by atoms with Crippen LogP contribution in [0.15, 0.2) is 36.4 Å². The van der Waals surface area contributed by atoms with Crippen molar-refractivity contribution >= 4 is 25.6 Å². The van der Waals surface area contributed by atoms with E-state index in [4.69, 9.17) is 16.3 Å². The van der Waals surface area contributed by atoms with Crippen molar-refractivity contribution in [1.82, 2.24) is 5.32 Å². The van der Waals surface area contributed by atoms with Crippen LogP contribution in [0.2, 0.25) is 23.2 Å². The number of hydrogen-bond acceptors (Lipinski definition) is 2. The molecular formula is C32H50ClNO2Si. The summed E-state index contributed by atoms with van der Waals surface area (Å²) >= 11 is 6.44. The Morgan fingerprint density at radius 2 is 1.62 bits per heavy atom. The molecule has 1 amide bonds. The first-order valence-electron chi connectivity index (χ1n) is 13.7. The van der Waals surface area contributed by atoms with E-state index >= 15 is 0 Å². The minimum atomic E-state index is -1.60. The van der Waals surface area contributed by atoms with Crippen LogP contribution in [0, 0.1) is 6.92 Å². The monoisotopic (exact) mass is 543 g/mol. The second kappa shape index (κ2) is 12.5. The van der Waals surface area contributed by atoms with E-state index in [9.17, 15) is 4.79 Å². The Balaban J connectivity index is 2.36. The molecule has 1 N–H and O–H groups in total. The summed E-state index contributed by atoms with van der Waals surface area (Å²) in [5.41, 5.74) is 5.95. The number of carbonyl (C=O) groups excluding carboxylic acids is 1. The molecule has 0 bridgehead atoms. The Morgan fingerprint density at radius 3 is 2.16 bits per heavy atom. The van der Waals surface area contributed by atoms with E-state index in [2.05, 4.69) is 92.0 Å². The maximum Gasteiger partial charge on any atom is 0.224 e. The average molecular weight is 544 g/mol. The number of ether oxygens (including phenoxy) is 1. The van der Waals surface area contributed by atoms with Crippen molar-refractivity contribution in [3.63, 3.8) is 0 Å². The van der Waals surface area contributed by atoms with Crippen molar-refractivity contribution in [2.75, 3.05) is 12.8 Å². The van der Waals surface area contributed by atoms with Gasteiger partial charge < -0.3 is 10.1 Å². The van der Waals surface area contributed by atoms with Gasteiger partial charge in [-0.1, -0.05) is 110 Å². The van der Waals surface area contributed by atoms with Crippen LogP contribution in [0.3, 0.4) is 0 Å². The number of hydrogen-bond donors (Lipinski definition) is 1. The Hall–Kier alpha value is -1.62. The number of carbonyl (C=O) groups is 1. The van der Waals surface area contributed by atoms with Crippen LogP contribution in [0.1, 0.15) is 89.1 Å². The lowest BCUT2D eigenvalue weighted by atomic mass is 9.78. The molecule has 0 saturated carbocycles. The van der Waals surface area contributed by atoms with Crippen molar-refractivity contribution in [1.29, 1.82) is 0 Å². The second-order valence-electron chi connectivity index (χ2n) is 13.6. The molecule has 206 valence electrons. The van der Waals surface area contributed by atoms with Crippen molar-refractivity contribution in [3.05, 3.63) is 69.2 Å². The quantitative estimate of drug-likeness (QED) is 0.305. The molecule has 3 nitrogen and oxygen atoms in total. The maximum atomic E-state index is 13.3. The zero-order valence-corrected chi connectivity index (χ0v) is 26.9. The molecule has 2 aromatic rings. The Morgan fingerprint density at radius 1 is 1.00 bits per heavy atom. The molecule has 0 aliphatic carbocycles. The minimum absolute atomic E-state index is 0.00542. The molecule has 1 atom stereocenters. The number of rotatable bonds is 10. The van der Waals surface area contributed by atoms with Gasteiger partial charge in [0.25, 0.3) is 0 Å². The zero-order valence-electron chi connectivity index (χ0n) is 25.1. The Bertz CT molecular complexity index is 1040. The summed E-state index contributed by atoms with van der Waals surface area (Å²) in [6.07, 6.45) is 1.78. The summed E-state index contributed by atoms with van der Waals surface area (Å²) in [6.45, 7) is 25.5. The molecule has 2 rings (SSSR count). The summed E-state index contributed by atoms with van der Waals surface area (Å²) in [5, 5.41) is 4.22. The molecular weight excluding hydrogens is 494 g/mol. The molecule has 0 fully saturated rings. The number of benzene rings is 2. The molecule has 0 aromatic heterocycles. The summed E-state index contributed by atoms with van der Waals surface area (Å²) in [5.74, 6) is 0.379. The van der Waals surface area contributed by atoms with Crippen LogP contribution in [0.25, 0.3) is 0 Å². The van der Waals surface area contributed by atoms with Crippen LogP contribution in [-0.2, 0) is 27.8 Å². The van der Waals surface area contributed by atoms with Crippen molar-refractivity contribution in [3.8, 4) is 0 Å². The third-order valence-electron chi connectivity index (χ3n) is 7.96. The molecule has 0 heterocycles. The lowest BCUT2D eigenvalue weighted by Crippen LogP contribution is -2.46. The summed E-state index contributed by atoms with van der Waals surface area (Å²) < 4.78 is 6.40. The van der Waals surface area contributed by atoms with Crippen LogP contribution >= 0.6 is 11.6 Å². The molecule has 2 aromatic carbocycles. The molecule has 0 aliphatic heterocycles. The molecule has 37 heavy (non-hydrogen) atoms. The highest BCUT2D eigenvalue weighted by atomic mass is 35.5. The number of amides is 1. The first-order chi connectivity index (χ1) is 16.9. The van der Waals surface area contributed by atoms with Crippen LogP contribution in [0.4, 0.5) is 0 Å². The van der Waals surface area contributed by atoms with Crippen molar-refractivity contribution < 1.29 is 9.53 Å².